The fourth-order valence-corrected chi connectivity index (χ4v) is 4.88. The van der Waals surface area contributed by atoms with Gasteiger partial charge in [-0.25, -0.2) is 4.98 Å². The maximum atomic E-state index is 13.0. The molecule has 1 amide bonds. The third kappa shape index (κ3) is 4.29. The van der Waals surface area contributed by atoms with E-state index in [0.29, 0.717) is 25.3 Å². The quantitative estimate of drug-likeness (QED) is 0.520. The number of piperazine rings is 1. The molecule has 0 spiro atoms. The number of benzene rings is 2. The third-order valence-corrected chi connectivity index (χ3v) is 6.87. The van der Waals surface area contributed by atoms with E-state index in [2.05, 4.69) is 37.8 Å². The van der Waals surface area contributed by atoms with E-state index >= 15 is 0 Å². The van der Waals surface area contributed by atoms with Gasteiger partial charge in [-0.15, -0.1) is 0 Å². The Morgan fingerprint density at radius 1 is 1.10 bits per heavy atom. The molecule has 1 saturated heterocycles. The van der Waals surface area contributed by atoms with Crippen molar-refractivity contribution in [2.45, 2.75) is 33.6 Å². The van der Waals surface area contributed by atoms with Crippen LogP contribution < -0.4 is 9.64 Å². The van der Waals surface area contributed by atoms with Gasteiger partial charge in [0.2, 0.25) is 0 Å². The number of amides is 1. The second-order valence-corrected chi connectivity index (χ2v) is 8.86. The molecular weight excluding hydrogens is 394 g/mol. The van der Waals surface area contributed by atoms with Crippen molar-refractivity contribution in [1.29, 1.82) is 0 Å². The Balaban J connectivity index is 1.41. The number of hydrogen-bond donors (Lipinski definition) is 0. The number of carbonyl (C=O) groups is 1. The lowest BCUT2D eigenvalue weighted by Gasteiger charge is -2.34. The molecule has 0 unspecified atom stereocenters. The molecule has 0 bridgehead atoms. The number of aryl methyl sites for hydroxylation is 2. The lowest BCUT2D eigenvalue weighted by Crippen LogP contribution is -2.48. The van der Waals surface area contributed by atoms with Gasteiger partial charge in [0.25, 0.3) is 5.91 Å². The number of unbranched alkanes of at least 4 members (excludes halogenated alkanes) is 1. The predicted molar refractivity (Wildman–Crippen MR) is 124 cm³/mol. The molecule has 1 fully saturated rings. The lowest BCUT2D eigenvalue weighted by atomic mass is 10.1. The Morgan fingerprint density at radius 3 is 2.60 bits per heavy atom. The van der Waals surface area contributed by atoms with Crippen molar-refractivity contribution >= 4 is 32.6 Å². The van der Waals surface area contributed by atoms with Gasteiger partial charge in [0.05, 0.1) is 16.8 Å². The summed E-state index contributed by atoms with van der Waals surface area (Å²) in [4.78, 5) is 22.1. The van der Waals surface area contributed by atoms with Crippen LogP contribution in [-0.4, -0.2) is 48.6 Å². The number of fused-ring (bicyclic) bond motifs is 1. The van der Waals surface area contributed by atoms with Gasteiger partial charge in [0.15, 0.2) is 5.13 Å². The normalized spacial score (nSPS) is 14.4. The molecule has 1 aliphatic heterocycles. The van der Waals surface area contributed by atoms with E-state index in [0.717, 1.165) is 42.3 Å². The van der Waals surface area contributed by atoms with Crippen LogP contribution in [0.25, 0.3) is 10.2 Å². The Kier molecular flexibility index (Phi) is 6.23. The highest BCUT2D eigenvalue weighted by Gasteiger charge is 2.24. The van der Waals surface area contributed by atoms with Crippen LogP contribution in [0.5, 0.6) is 5.75 Å². The molecule has 0 aliphatic carbocycles. The largest absolute Gasteiger partial charge is 0.494 e. The van der Waals surface area contributed by atoms with Gasteiger partial charge in [-0.1, -0.05) is 42.9 Å². The van der Waals surface area contributed by atoms with E-state index in [1.54, 1.807) is 11.3 Å². The zero-order valence-electron chi connectivity index (χ0n) is 18.0. The summed E-state index contributed by atoms with van der Waals surface area (Å²) in [5.74, 6) is 0.847. The molecule has 158 valence electrons. The first kappa shape index (κ1) is 20.7. The van der Waals surface area contributed by atoms with Crippen LogP contribution in [-0.2, 0) is 0 Å². The molecule has 0 N–H and O–H groups in total. The predicted octanol–water partition coefficient (Wildman–Crippen LogP) is 5.05. The molecule has 30 heavy (non-hydrogen) atoms. The minimum Gasteiger partial charge on any atom is -0.494 e. The molecule has 1 aliphatic rings. The van der Waals surface area contributed by atoms with Crippen LogP contribution in [0.1, 0.15) is 41.3 Å². The molecular formula is C24H29N3O2S. The standard InChI is InChI=1S/C24H29N3O2S/c1-4-5-15-29-20-8-6-7-19(16-20)23(28)26-11-13-27(14-12-26)24-25-21-17(2)9-10-18(3)22(21)30-24/h6-10,16H,4-5,11-15H2,1-3H3. The van der Waals surface area contributed by atoms with E-state index in [9.17, 15) is 4.79 Å². The highest BCUT2D eigenvalue weighted by atomic mass is 32.1. The molecule has 3 aromatic rings. The molecule has 2 aromatic carbocycles. The number of thiazole rings is 1. The van der Waals surface area contributed by atoms with Gasteiger partial charge in [-0.3, -0.25) is 4.79 Å². The number of hydrogen-bond acceptors (Lipinski definition) is 5. The van der Waals surface area contributed by atoms with Crippen molar-refractivity contribution in [3.05, 3.63) is 53.1 Å². The molecule has 2 heterocycles. The smallest absolute Gasteiger partial charge is 0.254 e. The van der Waals surface area contributed by atoms with Gasteiger partial charge >= 0.3 is 0 Å². The summed E-state index contributed by atoms with van der Waals surface area (Å²) in [6.07, 6.45) is 2.11. The summed E-state index contributed by atoms with van der Waals surface area (Å²) >= 11 is 1.76. The monoisotopic (exact) mass is 423 g/mol. The summed E-state index contributed by atoms with van der Waals surface area (Å²) in [7, 11) is 0. The van der Waals surface area contributed by atoms with Crippen molar-refractivity contribution in [3.8, 4) is 5.75 Å². The van der Waals surface area contributed by atoms with Gasteiger partial charge in [0, 0.05) is 31.7 Å². The van der Waals surface area contributed by atoms with Gasteiger partial charge in [0.1, 0.15) is 5.75 Å². The third-order valence-electron chi connectivity index (χ3n) is 5.62. The van der Waals surface area contributed by atoms with E-state index in [4.69, 9.17) is 9.72 Å². The fraction of sp³-hybridized carbons (Fsp3) is 0.417. The number of rotatable bonds is 6. The SMILES string of the molecule is CCCCOc1cccc(C(=O)N2CCN(c3nc4c(C)ccc(C)c4s3)CC2)c1. The van der Waals surface area contributed by atoms with E-state index < -0.39 is 0 Å². The van der Waals surface area contributed by atoms with Crippen molar-refractivity contribution < 1.29 is 9.53 Å². The molecule has 5 nitrogen and oxygen atoms in total. The second kappa shape index (κ2) is 9.04. The molecule has 0 radical (unpaired) electrons. The number of carbonyl (C=O) groups excluding carboxylic acids is 1. The van der Waals surface area contributed by atoms with Gasteiger partial charge in [-0.05, 0) is 49.6 Å². The maximum Gasteiger partial charge on any atom is 0.254 e. The number of aromatic nitrogens is 1. The summed E-state index contributed by atoms with van der Waals surface area (Å²) in [6.45, 7) is 10.1. The highest BCUT2D eigenvalue weighted by molar-refractivity contribution is 7.22. The van der Waals surface area contributed by atoms with E-state index in [1.807, 2.05) is 29.2 Å². The van der Waals surface area contributed by atoms with Crippen LogP contribution in [0, 0.1) is 13.8 Å². The first-order valence-corrected chi connectivity index (χ1v) is 11.5. The van der Waals surface area contributed by atoms with Crippen molar-refractivity contribution in [1.82, 2.24) is 9.88 Å². The average molecular weight is 424 g/mol. The van der Waals surface area contributed by atoms with Gasteiger partial charge < -0.3 is 14.5 Å². The first-order valence-electron chi connectivity index (χ1n) is 10.7. The second-order valence-electron chi connectivity index (χ2n) is 7.88. The topological polar surface area (TPSA) is 45.7 Å². The molecule has 4 rings (SSSR count). The fourth-order valence-electron chi connectivity index (χ4n) is 3.72. The summed E-state index contributed by atoms with van der Waals surface area (Å²) in [5, 5.41) is 1.06. The Morgan fingerprint density at radius 2 is 1.87 bits per heavy atom. The van der Waals surface area contributed by atoms with E-state index in [-0.39, 0.29) is 5.91 Å². The number of anilines is 1. The average Bonchev–Trinajstić information content (AvgIpc) is 3.23. The summed E-state index contributed by atoms with van der Waals surface area (Å²) < 4.78 is 7.03. The van der Waals surface area contributed by atoms with Crippen LogP contribution in [0.15, 0.2) is 36.4 Å². The number of ether oxygens (including phenoxy) is 1. The molecule has 1 aromatic heterocycles. The zero-order valence-corrected chi connectivity index (χ0v) is 18.8. The van der Waals surface area contributed by atoms with Crippen LogP contribution in [0.4, 0.5) is 5.13 Å². The molecule has 6 heteroatoms. The Bertz CT molecular complexity index is 999. The van der Waals surface area contributed by atoms with Crippen LogP contribution in [0.2, 0.25) is 0 Å². The summed E-state index contributed by atoms with van der Waals surface area (Å²) in [6, 6.07) is 11.9. The minimum absolute atomic E-state index is 0.0755. The molecule has 0 atom stereocenters. The Labute approximate surface area is 182 Å². The van der Waals surface area contributed by atoms with Crippen molar-refractivity contribution in [3.63, 3.8) is 0 Å². The van der Waals surface area contributed by atoms with Crippen molar-refractivity contribution in [2.24, 2.45) is 0 Å². The molecule has 0 saturated carbocycles. The van der Waals surface area contributed by atoms with E-state index in [1.165, 1.54) is 15.8 Å². The van der Waals surface area contributed by atoms with Crippen LogP contribution >= 0.6 is 11.3 Å². The minimum atomic E-state index is 0.0755. The number of nitrogens with zero attached hydrogens (tertiary/aromatic N) is 3. The zero-order chi connectivity index (χ0) is 21.1. The van der Waals surface area contributed by atoms with Crippen molar-refractivity contribution in [2.75, 3.05) is 37.7 Å². The Hall–Kier alpha value is -2.60. The maximum absolute atomic E-state index is 13.0. The highest BCUT2D eigenvalue weighted by Crippen LogP contribution is 2.33. The lowest BCUT2D eigenvalue weighted by molar-refractivity contribution is 0.0746. The van der Waals surface area contributed by atoms with Crippen LogP contribution in [0.3, 0.4) is 0 Å². The first-order chi connectivity index (χ1) is 14.6. The summed E-state index contributed by atoms with van der Waals surface area (Å²) in [5.41, 5.74) is 4.29. The van der Waals surface area contributed by atoms with Gasteiger partial charge in [-0.2, -0.15) is 0 Å².